The fourth-order valence-corrected chi connectivity index (χ4v) is 2.80. The molecule has 0 radical (unpaired) electrons. The summed E-state index contributed by atoms with van der Waals surface area (Å²) in [5.74, 6) is 0.0852. The second-order valence-corrected chi connectivity index (χ2v) is 6.11. The van der Waals surface area contributed by atoms with E-state index >= 15 is 0 Å². The van der Waals surface area contributed by atoms with Crippen molar-refractivity contribution in [2.75, 3.05) is 11.9 Å². The van der Waals surface area contributed by atoms with E-state index in [4.69, 9.17) is 0 Å². The van der Waals surface area contributed by atoms with Gasteiger partial charge < -0.3 is 15.2 Å². The number of aromatic amines is 1. The van der Waals surface area contributed by atoms with E-state index in [0.29, 0.717) is 34.5 Å². The summed E-state index contributed by atoms with van der Waals surface area (Å²) in [6.07, 6.45) is 0. The van der Waals surface area contributed by atoms with Crippen LogP contribution in [0.3, 0.4) is 0 Å². The molecule has 1 heterocycles. The van der Waals surface area contributed by atoms with Crippen LogP contribution < -0.4 is 10.9 Å². The molecule has 3 aromatic rings. The van der Waals surface area contributed by atoms with E-state index in [-0.39, 0.29) is 23.9 Å². The third kappa shape index (κ3) is 4.20. The van der Waals surface area contributed by atoms with Crippen molar-refractivity contribution < 1.29 is 9.59 Å². The fraction of sp³-hybridized carbons (Fsp3) is 0.200. The first kappa shape index (κ1) is 18.3. The van der Waals surface area contributed by atoms with Crippen LogP contribution in [0.15, 0.2) is 53.3 Å². The van der Waals surface area contributed by atoms with E-state index in [1.54, 1.807) is 47.4 Å². The number of hydrogen-bond donors (Lipinski definition) is 2. The SMILES string of the molecule is CCN(Cc1nc2ccccc2c(=O)[nH]1)C(=O)c1ccc(NC(C)=O)cc1. The molecule has 2 N–H and O–H groups in total. The Kier molecular flexibility index (Phi) is 5.30. The Hall–Kier alpha value is -3.48. The Morgan fingerprint density at radius 1 is 1.11 bits per heavy atom. The largest absolute Gasteiger partial charge is 0.331 e. The van der Waals surface area contributed by atoms with Crippen molar-refractivity contribution in [2.24, 2.45) is 0 Å². The maximum absolute atomic E-state index is 12.8. The molecule has 0 bridgehead atoms. The highest BCUT2D eigenvalue weighted by Crippen LogP contribution is 2.13. The first-order valence-corrected chi connectivity index (χ1v) is 8.63. The molecular weight excluding hydrogens is 344 g/mol. The number of nitrogens with zero attached hydrogens (tertiary/aromatic N) is 2. The topological polar surface area (TPSA) is 95.2 Å². The van der Waals surface area contributed by atoms with Gasteiger partial charge in [-0.05, 0) is 43.3 Å². The molecule has 7 nitrogen and oxygen atoms in total. The summed E-state index contributed by atoms with van der Waals surface area (Å²) in [6, 6.07) is 13.8. The number of hydrogen-bond acceptors (Lipinski definition) is 4. The molecular formula is C20H20N4O3. The maximum Gasteiger partial charge on any atom is 0.258 e. The number of benzene rings is 2. The van der Waals surface area contributed by atoms with Gasteiger partial charge >= 0.3 is 0 Å². The van der Waals surface area contributed by atoms with Gasteiger partial charge in [-0.3, -0.25) is 14.4 Å². The van der Waals surface area contributed by atoms with Crippen molar-refractivity contribution in [3.63, 3.8) is 0 Å². The molecule has 27 heavy (non-hydrogen) atoms. The quantitative estimate of drug-likeness (QED) is 0.727. The standard InChI is InChI=1S/C20H20N4O3/c1-3-24(20(27)14-8-10-15(11-9-14)21-13(2)25)12-18-22-17-7-5-4-6-16(17)19(26)23-18/h4-11H,3,12H2,1-2H3,(H,21,25)(H,22,23,26). The zero-order chi connectivity index (χ0) is 19.4. The summed E-state index contributed by atoms with van der Waals surface area (Å²) >= 11 is 0. The minimum absolute atomic E-state index is 0.171. The van der Waals surface area contributed by atoms with Crippen molar-refractivity contribution in [1.82, 2.24) is 14.9 Å². The van der Waals surface area contributed by atoms with E-state index in [9.17, 15) is 14.4 Å². The number of fused-ring (bicyclic) bond motifs is 1. The third-order valence-corrected chi connectivity index (χ3v) is 4.12. The van der Waals surface area contributed by atoms with Crippen molar-refractivity contribution in [2.45, 2.75) is 20.4 Å². The van der Waals surface area contributed by atoms with E-state index in [0.717, 1.165) is 0 Å². The van der Waals surface area contributed by atoms with Crippen LogP contribution in [0.5, 0.6) is 0 Å². The number of rotatable bonds is 5. The van der Waals surface area contributed by atoms with Gasteiger partial charge in [0.1, 0.15) is 5.82 Å². The first-order chi connectivity index (χ1) is 13.0. The van der Waals surface area contributed by atoms with Crippen LogP contribution >= 0.6 is 0 Å². The van der Waals surface area contributed by atoms with Crippen LogP contribution in [-0.2, 0) is 11.3 Å². The molecule has 3 rings (SSSR count). The van der Waals surface area contributed by atoms with Crippen molar-refractivity contribution in [3.05, 3.63) is 70.3 Å². The van der Waals surface area contributed by atoms with Gasteiger partial charge in [-0.2, -0.15) is 0 Å². The monoisotopic (exact) mass is 364 g/mol. The number of nitrogens with one attached hydrogen (secondary N) is 2. The Balaban J connectivity index is 1.81. The van der Waals surface area contributed by atoms with Crippen molar-refractivity contribution in [1.29, 1.82) is 0 Å². The smallest absolute Gasteiger partial charge is 0.258 e. The molecule has 7 heteroatoms. The number of aromatic nitrogens is 2. The highest BCUT2D eigenvalue weighted by atomic mass is 16.2. The second kappa shape index (κ2) is 7.82. The number of amides is 2. The van der Waals surface area contributed by atoms with Gasteiger partial charge in [0.25, 0.3) is 11.5 Å². The predicted octanol–water partition coefficient (Wildman–Crippen LogP) is 2.54. The molecule has 0 unspecified atom stereocenters. The van der Waals surface area contributed by atoms with Gasteiger partial charge in [0, 0.05) is 24.7 Å². The average molecular weight is 364 g/mol. The first-order valence-electron chi connectivity index (χ1n) is 8.63. The molecule has 0 saturated carbocycles. The molecule has 0 atom stereocenters. The van der Waals surface area contributed by atoms with Crippen LogP contribution in [0, 0.1) is 0 Å². The lowest BCUT2D eigenvalue weighted by Gasteiger charge is -2.20. The third-order valence-electron chi connectivity index (χ3n) is 4.12. The van der Waals surface area contributed by atoms with E-state index in [2.05, 4.69) is 15.3 Å². The normalized spacial score (nSPS) is 10.6. The van der Waals surface area contributed by atoms with Gasteiger partial charge in [-0.15, -0.1) is 0 Å². The van der Waals surface area contributed by atoms with Crippen molar-refractivity contribution in [3.8, 4) is 0 Å². The van der Waals surface area contributed by atoms with Crippen LogP contribution in [0.25, 0.3) is 10.9 Å². The predicted molar refractivity (Wildman–Crippen MR) is 104 cm³/mol. The summed E-state index contributed by atoms with van der Waals surface area (Å²) in [5, 5.41) is 3.18. The molecule has 0 fully saturated rings. The second-order valence-electron chi connectivity index (χ2n) is 6.11. The zero-order valence-corrected chi connectivity index (χ0v) is 15.2. The number of carbonyl (C=O) groups is 2. The zero-order valence-electron chi connectivity index (χ0n) is 15.2. The lowest BCUT2D eigenvalue weighted by Crippen LogP contribution is -2.32. The Labute approximate surface area is 156 Å². The minimum Gasteiger partial charge on any atom is -0.331 e. The summed E-state index contributed by atoms with van der Waals surface area (Å²) < 4.78 is 0. The van der Waals surface area contributed by atoms with E-state index in [1.165, 1.54) is 6.92 Å². The van der Waals surface area contributed by atoms with Crippen molar-refractivity contribution >= 4 is 28.4 Å². The van der Waals surface area contributed by atoms with Gasteiger partial charge in [0.05, 0.1) is 17.4 Å². The van der Waals surface area contributed by atoms with Crippen LogP contribution in [0.1, 0.15) is 30.0 Å². The molecule has 0 saturated heterocycles. The van der Waals surface area contributed by atoms with E-state index in [1.807, 2.05) is 13.0 Å². The van der Waals surface area contributed by atoms with Crippen LogP contribution in [-0.4, -0.2) is 33.2 Å². The Bertz CT molecular complexity index is 1040. The highest BCUT2D eigenvalue weighted by Gasteiger charge is 2.16. The lowest BCUT2D eigenvalue weighted by molar-refractivity contribution is -0.114. The number of carbonyl (C=O) groups excluding carboxylic acids is 2. The van der Waals surface area contributed by atoms with Crippen LogP contribution in [0.2, 0.25) is 0 Å². The molecule has 0 aliphatic heterocycles. The summed E-state index contributed by atoms with van der Waals surface area (Å²) in [6.45, 7) is 3.95. The van der Waals surface area contributed by atoms with Gasteiger partial charge in [-0.25, -0.2) is 4.98 Å². The van der Waals surface area contributed by atoms with Gasteiger partial charge in [-0.1, -0.05) is 12.1 Å². The van der Waals surface area contributed by atoms with E-state index < -0.39 is 0 Å². The highest BCUT2D eigenvalue weighted by molar-refractivity contribution is 5.95. The molecule has 2 amide bonds. The van der Waals surface area contributed by atoms with Gasteiger partial charge in [0.15, 0.2) is 0 Å². The summed E-state index contributed by atoms with van der Waals surface area (Å²) in [5.41, 5.74) is 1.50. The number of H-pyrrole nitrogens is 1. The number of para-hydroxylation sites is 1. The Morgan fingerprint density at radius 3 is 2.48 bits per heavy atom. The molecule has 0 aliphatic rings. The van der Waals surface area contributed by atoms with Gasteiger partial charge in [0.2, 0.25) is 5.91 Å². The molecule has 2 aromatic carbocycles. The number of anilines is 1. The maximum atomic E-state index is 12.8. The summed E-state index contributed by atoms with van der Waals surface area (Å²) in [4.78, 5) is 44.9. The fourth-order valence-electron chi connectivity index (χ4n) is 2.80. The summed E-state index contributed by atoms with van der Waals surface area (Å²) in [7, 11) is 0. The Morgan fingerprint density at radius 2 is 1.81 bits per heavy atom. The minimum atomic E-state index is -0.223. The molecule has 138 valence electrons. The lowest BCUT2D eigenvalue weighted by atomic mass is 10.1. The van der Waals surface area contributed by atoms with Crippen LogP contribution in [0.4, 0.5) is 5.69 Å². The molecule has 0 aliphatic carbocycles. The molecule has 0 spiro atoms. The average Bonchev–Trinajstić information content (AvgIpc) is 2.66. The molecule has 1 aromatic heterocycles.